The fourth-order valence-electron chi connectivity index (χ4n) is 1.40. The smallest absolute Gasteiger partial charge is 0.128 e. The Morgan fingerprint density at radius 2 is 2.00 bits per heavy atom. The molecule has 0 aliphatic carbocycles. The van der Waals surface area contributed by atoms with Crippen molar-refractivity contribution in [3.63, 3.8) is 0 Å². The van der Waals surface area contributed by atoms with E-state index in [0.29, 0.717) is 12.2 Å². The van der Waals surface area contributed by atoms with Crippen LogP contribution in [-0.4, -0.2) is 19.8 Å². The van der Waals surface area contributed by atoms with Crippen LogP contribution >= 0.6 is 0 Å². The summed E-state index contributed by atoms with van der Waals surface area (Å²) in [5.74, 6) is -0.866. The van der Waals surface area contributed by atoms with Crippen molar-refractivity contribution in [1.82, 2.24) is 5.32 Å². The van der Waals surface area contributed by atoms with E-state index in [1.54, 1.807) is 7.05 Å². The lowest BCUT2D eigenvalue weighted by Gasteiger charge is -2.19. The number of hydrogen-bond donors (Lipinski definition) is 1. The largest absolute Gasteiger partial charge is 0.377 e. The van der Waals surface area contributed by atoms with Crippen LogP contribution in [0, 0.1) is 11.6 Å². The zero-order chi connectivity index (χ0) is 12.1. The first-order chi connectivity index (χ1) is 7.54. The Morgan fingerprint density at radius 1 is 1.31 bits per heavy atom. The summed E-state index contributed by atoms with van der Waals surface area (Å²) in [5.41, 5.74) is 0.295. The highest BCUT2D eigenvalue weighted by atomic mass is 19.1. The summed E-state index contributed by atoms with van der Waals surface area (Å²) in [5, 5.41) is 2.91. The maximum Gasteiger partial charge on any atom is 0.128 e. The minimum absolute atomic E-state index is 0.0625. The van der Waals surface area contributed by atoms with Crippen molar-refractivity contribution >= 4 is 0 Å². The van der Waals surface area contributed by atoms with Crippen LogP contribution in [0.4, 0.5) is 8.78 Å². The number of benzene rings is 1. The first-order valence-corrected chi connectivity index (χ1v) is 5.28. The van der Waals surface area contributed by atoms with E-state index in [9.17, 15) is 8.78 Å². The van der Waals surface area contributed by atoms with Crippen molar-refractivity contribution in [2.24, 2.45) is 0 Å². The molecule has 2 nitrogen and oxygen atoms in total. The van der Waals surface area contributed by atoms with Crippen molar-refractivity contribution < 1.29 is 13.5 Å². The van der Waals surface area contributed by atoms with Crippen LogP contribution in [0.5, 0.6) is 0 Å². The average molecular weight is 229 g/mol. The molecule has 0 radical (unpaired) electrons. The lowest BCUT2D eigenvalue weighted by Crippen LogP contribution is -2.24. The monoisotopic (exact) mass is 229 g/mol. The third kappa shape index (κ3) is 3.54. The van der Waals surface area contributed by atoms with Gasteiger partial charge in [0, 0.05) is 5.56 Å². The Morgan fingerprint density at radius 3 is 2.56 bits per heavy atom. The Labute approximate surface area is 94.6 Å². The van der Waals surface area contributed by atoms with E-state index in [1.807, 2.05) is 13.8 Å². The van der Waals surface area contributed by atoms with Gasteiger partial charge in [-0.05, 0) is 39.1 Å². The van der Waals surface area contributed by atoms with Crippen molar-refractivity contribution in [2.45, 2.75) is 26.0 Å². The fourth-order valence-corrected chi connectivity index (χ4v) is 1.40. The fraction of sp³-hybridized carbons (Fsp3) is 0.500. The number of nitrogens with one attached hydrogen (secondary N) is 1. The van der Waals surface area contributed by atoms with Crippen molar-refractivity contribution in [1.29, 1.82) is 0 Å². The van der Waals surface area contributed by atoms with Crippen LogP contribution in [0.15, 0.2) is 18.2 Å². The number of hydrogen-bond acceptors (Lipinski definition) is 2. The van der Waals surface area contributed by atoms with Crippen molar-refractivity contribution in [3.8, 4) is 0 Å². The summed E-state index contributed by atoms with van der Waals surface area (Å²) in [4.78, 5) is 0. The van der Waals surface area contributed by atoms with Gasteiger partial charge >= 0.3 is 0 Å². The zero-order valence-corrected chi connectivity index (χ0v) is 9.76. The highest BCUT2D eigenvalue weighted by Crippen LogP contribution is 2.18. The molecule has 90 valence electrons. The van der Waals surface area contributed by atoms with E-state index in [-0.39, 0.29) is 12.1 Å². The molecular formula is C12H17F2NO. The summed E-state index contributed by atoms with van der Waals surface area (Å²) in [6.07, 6.45) is 0.0625. The van der Waals surface area contributed by atoms with E-state index in [1.165, 1.54) is 6.07 Å². The van der Waals surface area contributed by atoms with E-state index >= 15 is 0 Å². The lowest BCUT2D eigenvalue weighted by atomic mass is 10.1. The van der Waals surface area contributed by atoms with Crippen LogP contribution < -0.4 is 5.32 Å². The number of rotatable bonds is 5. The number of ether oxygens (including phenoxy) is 1. The molecule has 1 rings (SSSR count). The molecule has 0 bridgehead atoms. The summed E-state index contributed by atoms with van der Waals surface area (Å²) in [6, 6.07) is 3.09. The lowest BCUT2D eigenvalue weighted by molar-refractivity contribution is 0.0619. The quantitative estimate of drug-likeness (QED) is 0.838. The second kappa shape index (κ2) is 5.92. The Balaban J connectivity index is 2.81. The third-order valence-corrected chi connectivity index (χ3v) is 2.28. The molecule has 4 heteroatoms. The topological polar surface area (TPSA) is 21.3 Å². The van der Waals surface area contributed by atoms with Crippen molar-refractivity contribution in [3.05, 3.63) is 35.4 Å². The second-order valence-corrected chi connectivity index (χ2v) is 3.89. The molecule has 0 saturated heterocycles. The first-order valence-electron chi connectivity index (χ1n) is 5.28. The highest BCUT2D eigenvalue weighted by Gasteiger charge is 2.15. The van der Waals surface area contributed by atoms with Gasteiger partial charge in [-0.3, -0.25) is 0 Å². The Hall–Kier alpha value is -1.00. The van der Waals surface area contributed by atoms with Gasteiger partial charge in [0.1, 0.15) is 11.6 Å². The molecule has 0 heterocycles. The molecule has 1 unspecified atom stereocenters. The summed E-state index contributed by atoms with van der Waals surface area (Å²) < 4.78 is 31.9. The summed E-state index contributed by atoms with van der Waals surface area (Å²) in [6.45, 7) is 4.11. The highest BCUT2D eigenvalue weighted by molar-refractivity contribution is 5.22. The number of halogens is 2. The summed E-state index contributed by atoms with van der Waals surface area (Å²) in [7, 11) is 1.69. The zero-order valence-electron chi connectivity index (χ0n) is 9.76. The van der Waals surface area contributed by atoms with Crippen LogP contribution in [0.25, 0.3) is 0 Å². The predicted octanol–water partition coefficient (Wildman–Crippen LogP) is 2.65. The second-order valence-electron chi connectivity index (χ2n) is 3.89. The minimum atomic E-state index is -0.443. The molecule has 0 saturated carbocycles. The first kappa shape index (κ1) is 13.1. The minimum Gasteiger partial charge on any atom is -0.377 e. The van der Waals surface area contributed by atoms with Gasteiger partial charge < -0.3 is 10.1 Å². The molecule has 0 aromatic heterocycles. The van der Waals surface area contributed by atoms with Gasteiger partial charge in [-0.1, -0.05) is 0 Å². The molecule has 0 amide bonds. The maximum atomic E-state index is 13.5. The van der Waals surface area contributed by atoms with Crippen LogP contribution in [-0.2, 0) is 4.74 Å². The third-order valence-electron chi connectivity index (χ3n) is 2.28. The molecule has 0 spiro atoms. The van der Waals surface area contributed by atoms with Crippen LogP contribution in [0.1, 0.15) is 25.5 Å². The van der Waals surface area contributed by atoms with Gasteiger partial charge in [0.05, 0.1) is 18.8 Å². The van der Waals surface area contributed by atoms with E-state index in [0.717, 1.165) is 12.1 Å². The maximum absolute atomic E-state index is 13.5. The predicted molar refractivity (Wildman–Crippen MR) is 59.2 cm³/mol. The van der Waals surface area contributed by atoms with Gasteiger partial charge in [-0.15, -0.1) is 0 Å². The van der Waals surface area contributed by atoms with E-state index in [2.05, 4.69) is 5.32 Å². The van der Waals surface area contributed by atoms with Crippen molar-refractivity contribution in [2.75, 3.05) is 13.7 Å². The Kier molecular flexibility index (Phi) is 4.83. The molecule has 0 fully saturated rings. The van der Waals surface area contributed by atoms with Crippen LogP contribution in [0.3, 0.4) is 0 Å². The molecule has 1 aromatic carbocycles. The molecule has 1 aromatic rings. The van der Waals surface area contributed by atoms with Gasteiger partial charge in [0.15, 0.2) is 0 Å². The molecular weight excluding hydrogens is 212 g/mol. The van der Waals surface area contributed by atoms with E-state index < -0.39 is 11.6 Å². The average Bonchev–Trinajstić information content (AvgIpc) is 2.23. The molecule has 1 N–H and O–H groups in total. The Bertz CT molecular complexity index is 342. The van der Waals surface area contributed by atoms with Gasteiger partial charge in [0.2, 0.25) is 0 Å². The van der Waals surface area contributed by atoms with Crippen LogP contribution in [0.2, 0.25) is 0 Å². The standard InChI is InChI=1S/C12H17F2NO/c1-8(2)16-7-12(15-3)10-6-9(13)4-5-11(10)14/h4-6,8,12,15H,7H2,1-3H3. The van der Waals surface area contributed by atoms with Gasteiger partial charge in [0.25, 0.3) is 0 Å². The summed E-state index contributed by atoms with van der Waals surface area (Å²) >= 11 is 0. The normalized spacial score (nSPS) is 13.1. The van der Waals surface area contributed by atoms with Gasteiger partial charge in [-0.2, -0.15) is 0 Å². The molecule has 16 heavy (non-hydrogen) atoms. The van der Waals surface area contributed by atoms with E-state index in [4.69, 9.17) is 4.74 Å². The molecule has 1 atom stereocenters. The SMILES string of the molecule is CNC(COC(C)C)c1cc(F)ccc1F. The molecule has 0 aliphatic rings. The molecule has 0 aliphatic heterocycles. The number of likely N-dealkylation sites (N-methyl/N-ethyl adjacent to an activating group) is 1. The van der Waals surface area contributed by atoms with Gasteiger partial charge in [-0.25, -0.2) is 8.78 Å².